The maximum Gasteiger partial charge on any atom is 0.310 e. The lowest BCUT2D eigenvalue weighted by Gasteiger charge is -2.73. The monoisotopic (exact) mass is 997 g/mol. The number of carbonyl (C=O) groups is 1. The Morgan fingerprint density at radius 2 is 0.588 bits per heavy atom. The second-order valence-corrected chi connectivity index (χ2v) is 20.0. The van der Waals surface area contributed by atoms with Crippen molar-refractivity contribution in [2.24, 2.45) is 33.0 Å². The molecule has 0 rings (SSSR count). The van der Waals surface area contributed by atoms with Crippen LogP contribution in [0.2, 0.25) is 0 Å². The number of aliphatic hydroxyl groups excluding tert-OH is 20. The summed E-state index contributed by atoms with van der Waals surface area (Å²) in [6, 6.07) is 0. The molecular weight excluding hydrogens is 904 g/mol. The Hall–Kier alpha value is -1.33. The molecule has 0 aromatic rings. The topological polar surface area (TPSA) is 442 Å². The van der Waals surface area contributed by atoms with E-state index in [1.165, 1.54) is 0 Å². The summed E-state index contributed by atoms with van der Waals surface area (Å²) in [5.74, 6) is -1.66. The van der Waals surface area contributed by atoms with E-state index in [0.29, 0.717) is 18.8 Å². The molecule has 0 aliphatic rings. The summed E-state index contributed by atoms with van der Waals surface area (Å²) in [6.07, 6.45) is -28.3. The van der Waals surface area contributed by atoms with Crippen LogP contribution in [0.4, 0.5) is 0 Å². The summed E-state index contributed by atoms with van der Waals surface area (Å²) in [4.78, 5) is 14.8. The molecular formula is C46H92O22. The van der Waals surface area contributed by atoms with Crippen LogP contribution >= 0.6 is 0 Å². The van der Waals surface area contributed by atoms with Crippen molar-refractivity contribution in [3.8, 4) is 0 Å². The molecule has 21 N–H and O–H groups in total. The molecule has 0 fully saturated rings. The molecule has 0 aliphatic carbocycles. The van der Waals surface area contributed by atoms with E-state index in [4.69, 9.17) is 0 Å². The molecule has 10 atom stereocenters. The average Bonchev–Trinajstić information content (AvgIpc) is 3.31. The van der Waals surface area contributed by atoms with Gasteiger partial charge in [-0.3, -0.25) is 4.79 Å². The van der Waals surface area contributed by atoms with Crippen LogP contribution in [0, 0.1) is 33.0 Å². The Morgan fingerprint density at radius 3 is 0.882 bits per heavy atom. The molecule has 408 valence electrons. The molecule has 0 aromatic carbocycles. The minimum atomic E-state index is -3.11. The Bertz CT molecular complexity index is 1250. The Balaban J connectivity index is 10.7. The van der Waals surface area contributed by atoms with Crippen LogP contribution in [-0.4, -0.2) is 240 Å². The number of carboxylic acid groups (broad SMARTS) is 1. The second kappa shape index (κ2) is 32.7. The molecule has 0 amide bonds. The molecule has 22 heteroatoms. The summed E-state index contributed by atoms with van der Waals surface area (Å²) in [7, 11) is 0. The Kier molecular flexibility index (Phi) is 32.0. The zero-order valence-corrected chi connectivity index (χ0v) is 40.2. The van der Waals surface area contributed by atoms with Gasteiger partial charge in [-0.1, -0.05) is 52.4 Å². The van der Waals surface area contributed by atoms with Crippen LogP contribution in [-0.2, 0) is 4.79 Å². The lowest BCUT2D eigenvalue weighted by atomic mass is 9.31. The fraction of sp³-hybridized carbons (Fsp3) is 0.978. The first kappa shape index (κ1) is 66.7. The van der Waals surface area contributed by atoms with E-state index in [1.54, 1.807) is 0 Å². The molecule has 68 heavy (non-hydrogen) atoms. The SMILES string of the molecule is CC(C)CCCCCCCC(CC(O)CO)(CC(O)CO)C(CC(O)CO)(CC(O)CO)C(CC(O)CO)(CC(O)CO)C(CC(O)CO)(CC(O)CO)C(CC(O)CO)(CC(O)CO)C(=O)O. The first-order valence-corrected chi connectivity index (χ1v) is 24.0. The number of aliphatic hydroxyl groups is 20. The van der Waals surface area contributed by atoms with Crippen LogP contribution in [0.3, 0.4) is 0 Å². The maximum atomic E-state index is 14.8. The fourth-order valence-corrected chi connectivity index (χ4v) is 12.1. The second-order valence-electron chi connectivity index (χ2n) is 20.0. The highest BCUT2D eigenvalue weighted by Gasteiger charge is 2.76. The van der Waals surface area contributed by atoms with E-state index in [2.05, 4.69) is 13.8 Å². The first-order chi connectivity index (χ1) is 31.9. The number of aliphatic carboxylic acids is 1. The lowest BCUT2D eigenvalue weighted by molar-refractivity contribution is -0.290. The summed E-state index contributed by atoms with van der Waals surface area (Å²) < 4.78 is 0. The van der Waals surface area contributed by atoms with Crippen molar-refractivity contribution < 1.29 is 112 Å². The van der Waals surface area contributed by atoms with Gasteiger partial charge in [-0.05, 0) is 98.2 Å². The van der Waals surface area contributed by atoms with Crippen molar-refractivity contribution in [1.82, 2.24) is 0 Å². The van der Waals surface area contributed by atoms with Gasteiger partial charge in [0.2, 0.25) is 0 Å². The third-order valence-electron chi connectivity index (χ3n) is 14.6. The number of unbranched alkanes of at least 4 members (excludes halogenated alkanes) is 4. The van der Waals surface area contributed by atoms with Crippen LogP contribution in [0.25, 0.3) is 0 Å². The van der Waals surface area contributed by atoms with E-state index in [1.807, 2.05) is 0 Å². The van der Waals surface area contributed by atoms with Crippen LogP contribution in [0.5, 0.6) is 0 Å². The molecule has 10 unspecified atom stereocenters. The lowest BCUT2D eigenvalue weighted by Crippen LogP contribution is -2.72. The molecule has 0 saturated carbocycles. The molecule has 0 spiro atoms. The van der Waals surface area contributed by atoms with Crippen molar-refractivity contribution in [2.45, 2.75) is 184 Å². The summed E-state index contributed by atoms with van der Waals surface area (Å²) in [5.41, 5.74) is -13.8. The molecule has 0 saturated heterocycles. The summed E-state index contributed by atoms with van der Waals surface area (Å²) in [5, 5.41) is 237. The van der Waals surface area contributed by atoms with Crippen molar-refractivity contribution >= 4 is 5.97 Å². The van der Waals surface area contributed by atoms with Crippen molar-refractivity contribution in [3.05, 3.63) is 0 Å². The van der Waals surface area contributed by atoms with Gasteiger partial charge in [0, 0.05) is 0 Å². The highest BCUT2D eigenvalue weighted by molar-refractivity contribution is 5.76. The van der Waals surface area contributed by atoms with Gasteiger partial charge in [0.25, 0.3) is 0 Å². The molecule has 22 nitrogen and oxygen atoms in total. The average molecular weight is 997 g/mol. The summed E-state index contributed by atoms with van der Waals surface area (Å²) in [6.45, 7) is -7.74. The third kappa shape index (κ3) is 17.7. The van der Waals surface area contributed by atoms with Gasteiger partial charge < -0.3 is 107 Å². The van der Waals surface area contributed by atoms with Crippen molar-refractivity contribution in [1.29, 1.82) is 0 Å². The number of rotatable bonds is 43. The summed E-state index contributed by atoms with van der Waals surface area (Å²) >= 11 is 0. The third-order valence-corrected chi connectivity index (χ3v) is 14.6. The predicted octanol–water partition coefficient (Wildman–Crippen LogP) is -4.18. The highest BCUT2D eigenvalue weighted by Crippen LogP contribution is 2.77. The van der Waals surface area contributed by atoms with Crippen LogP contribution in [0.15, 0.2) is 0 Å². The van der Waals surface area contributed by atoms with Crippen molar-refractivity contribution in [2.75, 3.05) is 66.1 Å². The molecule has 0 aromatic heterocycles. The van der Waals surface area contributed by atoms with Gasteiger partial charge in [0.05, 0.1) is 133 Å². The Morgan fingerprint density at radius 1 is 0.338 bits per heavy atom. The van der Waals surface area contributed by atoms with Gasteiger partial charge in [0.15, 0.2) is 0 Å². The minimum Gasteiger partial charge on any atom is -0.481 e. The zero-order valence-electron chi connectivity index (χ0n) is 40.2. The van der Waals surface area contributed by atoms with Crippen LogP contribution < -0.4 is 0 Å². The van der Waals surface area contributed by atoms with E-state index in [-0.39, 0.29) is 12.8 Å². The fourth-order valence-electron chi connectivity index (χ4n) is 12.1. The number of carboxylic acids is 1. The van der Waals surface area contributed by atoms with E-state index in [9.17, 15) is 112 Å². The quantitative estimate of drug-likeness (QED) is 0.0258. The van der Waals surface area contributed by atoms with Crippen molar-refractivity contribution in [3.63, 3.8) is 0 Å². The maximum absolute atomic E-state index is 14.8. The smallest absolute Gasteiger partial charge is 0.310 e. The molecule has 0 aliphatic heterocycles. The van der Waals surface area contributed by atoms with E-state index < -0.39 is 224 Å². The van der Waals surface area contributed by atoms with E-state index in [0.717, 1.165) is 19.3 Å². The van der Waals surface area contributed by atoms with Gasteiger partial charge in [-0.25, -0.2) is 0 Å². The standard InChI is InChI=1S/C46H92O22/c1-30(2)8-6-4-3-5-7-9-42(10-31(57)20-47,11-32(58)21-48)44(14-35(61)24-51,15-36(62)25-52)46(18-39(65)28-55,19-40(66)29-56)45(16-37(63)26-53,17-38(64)27-54)43(41(67)68,12-33(59)22-49)13-34(60)23-50/h30-40,47-66H,3-29H2,1-2H3,(H,67,68). The number of hydrogen-bond donors (Lipinski definition) is 21. The van der Waals surface area contributed by atoms with Crippen LogP contribution in [0.1, 0.15) is 123 Å². The largest absolute Gasteiger partial charge is 0.481 e. The predicted molar refractivity (Wildman–Crippen MR) is 244 cm³/mol. The van der Waals surface area contributed by atoms with Gasteiger partial charge >= 0.3 is 5.97 Å². The first-order valence-electron chi connectivity index (χ1n) is 24.0. The van der Waals surface area contributed by atoms with Gasteiger partial charge in [-0.2, -0.15) is 0 Å². The molecule has 0 bridgehead atoms. The Labute approximate surface area is 400 Å². The zero-order chi connectivity index (χ0) is 52.5. The van der Waals surface area contributed by atoms with Gasteiger partial charge in [-0.15, -0.1) is 0 Å². The van der Waals surface area contributed by atoms with E-state index >= 15 is 0 Å². The van der Waals surface area contributed by atoms with Gasteiger partial charge in [0.1, 0.15) is 0 Å². The molecule has 0 heterocycles. The molecule has 0 radical (unpaired) electrons. The minimum absolute atomic E-state index is 0.0907. The highest BCUT2D eigenvalue weighted by atomic mass is 16.4. The normalized spacial score (nSPS) is 21.5. The number of hydrogen-bond acceptors (Lipinski definition) is 21.